The minimum atomic E-state index is -1.01. The normalized spacial score (nSPS) is 20.7. The van der Waals surface area contributed by atoms with E-state index in [9.17, 15) is 14.7 Å². The number of aromatic nitrogens is 1. The highest BCUT2D eigenvalue weighted by Crippen LogP contribution is 2.43. The van der Waals surface area contributed by atoms with Gasteiger partial charge >= 0.3 is 5.97 Å². The third kappa shape index (κ3) is 2.89. The van der Waals surface area contributed by atoms with Crippen LogP contribution in [0, 0.1) is 19.3 Å². The molecule has 5 heteroatoms. The highest BCUT2D eigenvalue weighted by Gasteiger charge is 2.40. The number of likely N-dealkylation sites (tertiary alicyclic amines) is 1. The molecule has 2 N–H and O–H groups in total. The van der Waals surface area contributed by atoms with Crippen LogP contribution >= 0.6 is 0 Å². The van der Waals surface area contributed by atoms with Crippen LogP contribution in [0.5, 0.6) is 0 Å². The van der Waals surface area contributed by atoms with Crippen molar-refractivity contribution in [3.63, 3.8) is 0 Å². The molecule has 5 nitrogen and oxygen atoms in total. The zero-order valence-electron chi connectivity index (χ0n) is 14.1. The Bertz CT molecular complexity index is 624. The molecule has 1 saturated heterocycles. The van der Waals surface area contributed by atoms with Crippen LogP contribution in [0.1, 0.15) is 77.0 Å². The molecule has 1 spiro atoms. The predicted octanol–water partition coefficient (Wildman–Crippen LogP) is 3.52. The zero-order chi connectivity index (χ0) is 16.6. The summed E-state index contributed by atoms with van der Waals surface area (Å²) >= 11 is 0. The van der Waals surface area contributed by atoms with Gasteiger partial charge in [0.15, 0.2) is 0 Å². The van der Waals surface area contributed by atoms with Crippen molar-refractivity contribution in [3.8, 4) is 0 Å². The van der Waals surface area contributed by atoms with E-state index in [2.05, 4.69) is 4.98 Å². The molecule has 1 aromatic heterocycles. The summed E-state index contributed by atoms with van der Waals surface area (Å²) in [5.74, 6) is -1.02. The van der Waals surface area contributed by atoms with Gasteiger partial charge in [-0.1, -0.05) is 25.7 Å². The fourth-order valence-corrected chi connectivity index (χ4v) is 4.44. The molecule has 3 rings (SSSR count). The van der Waals surface area contributed by atoms with Gasteiger partial charge in [-0.2, -0.15) is 0 Å². The number of carboxylic acid groups (broad SMARTS) is 1. The summed E-state index contributed by atoms with van der Waals surface area (Å²) < 4.78 is 0. The number of carboxylic acids is 1. The Labute approximate surface area is 137 Å². The van der Waals surface area contributed by atoms with Crippen LogP contribution < -0.4 is 0 Å². The molecule has 0 bridgehead atoms. The molecule has 126 valence electrons. The quantitative estimate of drug-likeness (QED) is 0.876. The summed E-state index contributed by atoms with van der Waals surface area (Å²) in [7, 11) is 0. The number of carbonyl (C=O) groups is 2. The summed E-state index contributed by atoms with van der Waals surface area (Å²) in [6, 6.07) is 0. The van der Waals surface area contributed by atoms with E-state index in [4.69, 9.17) is 0 Å². The lowest BCUT2D eigenvalue weighted by Gasteiger charge is -2.27. The van der Waals surface area contributed by atoms with E-state index < -0.39 is 5.97 Å². The number of aryl methyl sites for hydroxylation is 1. The number of hydrogen-bond donors (Lipinski definition) is 2. The van der Waals surface area contributed by atoms with Crippen LogP contribution in [0.25, 0.3) is 0 Å². The van der Waals surface area contributed by atoms with Gasteiger partial charge in [0.2, 0.25) is 0 Å². The molecule has 1 aliphatic carbocycles. The molecule has 1 aliphatic heterocycles. The molecule has 0 unspecified atom stereocenters. The van der Waals surface area contributed by atoms with Gasteiger partial charge in [0, 0.05) is 18.8 Å². The van der Waals surface area contributed by atoms with Gasteiger partial charge in [0.25, 0.3) is 5.91 Å². The molecule has 2 heterocycles. The first-order valence-corrected chi connectivity index (χ1v) is 8.65. The number of hydrogen-bond acceptors (Lipinski definition) is 2. The molecule has 2 fully saturated rings. The second-order valence-corrected chi connectivity index (χ2v) is 7.32. The van der Waals surface area contributed by atoms with Gasteiger partial charge in [0.05, 0.1) is 5.56 Å². The molecule has 0 atom stereocenters. The maximum Gasteiger partial charge on any atom is 0.352 e. The number of rotatable bonds is 2. The predicted molar refractivity (Wildman–Crippen MR) is 87.9 cm³/mol. The molecule has 0 aromatic carbocycles. The topological polar surface area (TPSA) is 73.4 Å². The van der Waals surface area contributed by atoms with Crippen molar-refractivity contribution in [1.82, 2.24) is 9.88 Å². The van der Waals surface area contributed by atoms with Crippen molar-refractivity contribution in [1.29, 1.82) is 0 Å². The Balaban J connectivity index is 1.81. The number of aromatic amines is 1. The second-order valence-electron chi connectivity index (χ2n) is 7.32. The number of nitrogens with one attached hydrogen (secondary N) is 1. The molecule has 1 aromatic rings. The van der Waals surface area contributed by atoms with Crippen molar-refractivity contribution < 1.29 is 14.7 Å². The van der Waals surface area contributed by atoms with Gasteiger partial charge in [-0.3, -0.25) is 4.79 Å². The summed E-state index contributed by atoms with van der Waals surface area (Å²) in [4.78, 5) is 29.0. The Hall–Kier alpha value is -1.78. The van der Waals surface area contributed by atoms with Gasteiger partial charge in [-0.25, -0.2) is 4.79 Å². The van der Waals surface area contributed by atoms with Gasteiger partial charge < -0.3 is 15.0 Å². The number of amides is 1. The Morgan fingerprint density at radius 1 is 1.09 bits per heavy atom. The van der Waals surface area contributed by atoms with Crippen LogP contribution in [0.15, 0.2) is 0 Å². The Kier molecular flexibility index (Phi) is 4.21. The first kappa shape index (κ1) is 16.1. The Morgan fingerprint density at radius 3 is 2.30 bits per heavy atom. The third-order valence-corrected chi connectivity index (χ3v) is 5.75. The van der Waals surface area contributed by atoms with Crippen molar-refractivity contribution in [2.75, 3.05) is 13.1 Å². The molecule has 23 heavy (non-hydrogen) atoms. The Morgan fingerprint density at radius 2 is 1.74 bits per heavy atom. The maximum absolute atomic E-state index is 12.9. The SMILES string of the molecule is Cc1[nH]c(C(=O)O)c(C)c1C(=O)N1CCC2(CCCCCC2)C1. The fraction of sp³-hybridized carbons (Fsp3) is 0.667. The lowest BCUT2D eigenvalue weighted by Crippen LogP contribution is -2.32. The number of aromatic carboxylic acids is 1. The van der Waals surface area contributed by atoms with Crippen LogP contribution in [0.2, 0.25) is 0 Å². The second kappa shape index (κ2) is 6.02. The van der Waals surface area contributed by atoms with E-state index >= 15 is 0 Å². The van der Waals surface area contributed by atoms with Crippen LogP contribution in [0.3, 0.4) is 0 Å². The van der Waals surface area contributed by atoms with Gasteiger partial charge in [0.1, 0.15) is 5.69 Å². The summed E-state index contributed by atoms with van der Waals surface area (Å²) in [5.41, 5.74) is 2.20. The highest BCUT2D eigenvalue weighted by molar-refractivity contribution is 6.01. The van der Waals surface area contributed by atoms with Gasteiger partial charge in [-0.15, -0.1) is 0 Å². The van der Waals surface area contributed by atoms with Crippen LogP contribution in [0.4, 0.5) is 0 Å². The summed E-state index contributed by atoms with van der Waals surface area (Å²) in [6.07, 6.45) is 8.71. The number of nitrogens with zero attached hydrogens (tertiary/aromatic N) is 1. The number of H-pyrrole nitrogens is 1. The minimum absolute atomic E-state index is 0.00938. The third-order valence-electron chi connectivity index (χ3n) is 5.75. The lowest BCUT2D eigenvalue weighted by atomic mass is 9.80. The number of carbonyl (C=O) groups excluding carboxylic acids is 1. The van der Waals surface area contributed by atoms with Crippen molar-refractivity contribution in [2.24, 2.45) is 5.41 Å². The lowest BCUT2D eigenvalue weighted by molar-refractivity contribution is 0.0690. The molecule has 1 amide bonds. The maximum atomic E-state index is 12.9. The summed E-state index contributed by atoms with van der Waals surface area (Å²) in [5, 5.41) is 9.22. The van der Waals surface area contributed by atoms with Crippen molar-refractivity contribution in [2.45, 2.75) is 58.8 Å². The smallest absolute Gasteiger partial charge is 0.352 e. The van der Waals surface area contributed by atoms with E-state index in [-0.39, 0.29) is 11.6 Å². The largest absolute Gasteiger partial charge is 0.477 e. The van der Waals surface area contributed by atoms with Crippen molar-refractivity contribution >= 4 is 11.9 Å². The molecular weight excluding hydrogens is 292 g/mol. The zero-order valence-corrected chi connectivity index (χ0v) is 14.1. The average Bonchev–Trinajstić information content (AvgIpc) is 2.94. The first-order chi connectivity index (χ1) is 10.9. The molecule has 0 radical (unpaired) electrons. The fourth-order valence-electron chi connectivity index (χ4n) is 4.44. The van der Waals surface area contributed by atoms with E-state index in [1.54, 1.807) is 13.8 Å². The van der Waals surface area contributed by atoms with Crippen molar-refractivity contribution in [3.05, 3.63) is 22.5 Å². The monoisotopic (exact) mass is 318 g/mol. The highest BCUT2D eigenvalue weighted by atomic mass is 16.4. The molecule has 1 saturated carbocycles. The van der Waals surface area contributed by atoms with E-state index in [0.717, 1.165) is 19.5 Å². The first-order valence-electron chi connectivity index (χ1n) is 8.65. The standard InChI is InChI=1S/C18H26N2O3/c1-12-14(13(2)19-15(12)17(22)23)16(21)20-10-9-18(11-20)7-5-3-4-6-8-18/h19H,3-11H2,1-2H3,(H,22,23). The average molecular weight is 318 g/mol. The van der Waals surface area contributed by atoms with E-state index in [1.165, 1.54) is 38.5 Å². The molecule has 2 aliphatic rings. The van der Waals surface area contributed by atoms with E-state index in [0.29, 0.717) is 22.2 Å². The molecular formula is C18H26N2O3. The van der Waals surface area contributed by atoms with E-state index in [1.807, 2.05) is 4.90 Å². The summed E-state index contributed by atoms with van der Waals surface area (Å²) in [6.45, 7) is 5.13. The van der Waals surface area contributed by atoms with Gasteiger partial charge in [-0.05, 0) is 44.1 Å². The van der Waals surface area contributed by atoms with Crippen LogP contribution in [-0.4, -0.2) is 40.0 Å². The minimum Gasteiger partial charge on any atom is -0.477 e. The van der Waals surface area contributed by atoms with Crippen LogP contribution in [-0.2, 0) is 0 Å².